The molecular weight excluding hydrogens is 326 g/mol. The summed E-state index contributed by atoms with van der Waals surface area (Å²) in [4.78, 5) is 1.87. The highest BCUT2D eigenvalue weighted by Gasteiger charge is 2.39. The third kappa shape index (κ3) is 3.84. The number of hydrogen-bond acceptors (Lipinski definition) is 4. The molecule has 4 nitrogen and oxygen atoms in total. The van der Waals surface area contributed by atoms with E-state index in [9.17, 15) is 15.3 Å². The molecule has 0 aliphatic carbocycles. The van der Waals surface area contributed by atoms with Gasteiger partial charge in [0.25, 0.3) is 0 Å². The van der Waals surface area contributed by atoms with Crippen LogP contribution < -0.4 is 0 Å². The molecule has 0 amide bonds. The van der Waals surface area contributed by atoms with Gasteiger partial charge in [0.1, 0.15) is 12.3 Å². The molecule has 1 fully saturated rings. The maximum atomic E-state index is 11.0. The lowest BCUT2D eigenvalue weighted by atomic mass is 9.75. The number of benzene rings is 2. The molecule has 1 aliphatic rings. The maximum absolute atomic E-state index is 11.0. The number of hydrogen-bond donors (Lipinski definition) is 3. The summed E-state index contributed by atoms with van der Waals surface area (Å²) in [6.45, 7) is 5.13. The molecule has 0 aromatic heterocycles. The van der Waals surface area contributed by atoms with Gasteiger partial charge < -0.3 is 15.3 Å². The SMILES string of the molecule is CC(C)(c1ccccc1-c1ccccc1)C(O)C(O)N1CCC(O)CC1. The molecule has 0 spiro atoms. The molecule has 3 N–H and O–H groups in total. The molecular formula is C22H29NO3. The van der Waals surface area contributed by atoms with Crippen LogP contribution in [0.25, 0.3) is 11.1 Å². The zero-order valence-corrected chi connectivity index (χ0v) is 15.5. The van der Waals surface area contributed by atoms with E-state index in [1.165, 1.54) is 0 Å². The van der Waals surface area contributed by atoms with E-state index >= 15 is 0 Å². The minimum Gasteiger partial charge on any atom is -0.393 e. The van der Waals surface area contributed by atoms with E-state index in [1.807, 2.05) is 55.1 Å². The van der Waals surface area contributed by atoms with Gasteiger partial charge in [0.05, 0.1) is 6.10 Å². The summed E-state index contributed by atoms with van der Waals surface area (Å²) in [5.41, 5.74) is 2.54. The van der Waals surface area contributed by atoms with Crippen LogP contribution in [0.5, 0.6) is 0 Å². The van der Waals surface area contributed by atoms with Gasteiger partial charge in [-0.3, -0.25) is 4.90 Å². The zero-order chi connectivity index (χ0) is 18.7. The van der Waals surface area contributed by atoms with Crippen LogP contribution in [0.3, 0.4) is 0 Å². The monoisotopic (exact) mass is 355 g/mol. The van der Waals surface area contributed by atoms with Gasteiger partial charge in [-0.2, -0.15) is 0 Å². The van der Waals surface area contributed by atoms with Crippen LogP contribution in [0, 0.1) is 0 Å². The Labute approximate surface area is 155 Å². The summed E-state index contributed by atoms with van der Waals surface area (Å²) in [5.74, 6) is 0. The Morgan fingerprint density at radius 3 is 2.15 bits per heavy atom. The molecule has 4 heteroatoms. The highest BCUT2D eigenvalue weighted by Crippen LogP contribution is 2.37. The topological polar surface area (TPSA) is 63.9 Å². The van der Waals surface area contributed by atoms with Gasteiger partial charge in [-0.25, -0.2) is 0 Å². The average Bonchev–Trinajstić information content (AvgIpc) is 2.68. The lowest BCUT2D eigenvalue weighted by Gasteiger charge is -2.41. The second-order valence-corrected chi connectivity index (χ2v) is 7.76. The third-order valence-electron chi connectivity index (χ3n) is 5.60. The minimum atomic E-state index is -0.957. The summed E-state index contributed by atoms with van der Waals surface area (Å²) >= 11 is 0. The van der Waals surface area contributed by atoms with Gasteiger partial charge in [-0.15, -0.1) is 0 Å². The first-order valence-electron chi connectivity index (χ1n) is 9.34. The van der Waals surface area contributed by atoms with E-state index in [4.69, 9.17) is 0 Å². The van der Waals surface area contributed by atoms with Gasteiger partial charge >= 0.3 is 0 Å². The second-order valence-electron chi connectivity index (χ2n) is 7.76. The molecule has 3 rings (SSSR count). The zero-order valence-electron chi connectivity index (χ0n) is 15.5. The summed E-state index contributed by atoms with van der Waals surface area (Å²) in [5, 5.41) is 31.5. The van der Waals surface area contributed by atoms with Crippen molar-refractivity contribution in [1.29, 1.82) is 0 Å². The molecule has 2 unspecified atom stereocenters. The molecule has 0 saturated carbocycles. The van der Waals surface area contributed by atoms with Crippen LogP contribution in [0.15, 0.2) is 54.6 Å². The number of piperidine rings is 1. The molecule has 2 atom stereocenters. The van der Waals surface area contributed by atoms with E-state index in [-0.39, 0.29) is 6.10 Å². The van der Waals surface area contributed by atoms with Crippen LogP contribution in [0.4, 0.5) is 0 Å². The number of nitrogens with zero attached hydrogens (tertiary/aromatic N) is 1. The third-order valence-corrected chi connectivity index (χ3v) is 5.60. The van der Waals surface area contributed by atoms with Crippen LogP contribution in [0.1, 0.15) is 32.3 Å². The number of likely N-dealkylation sites (tertiary alicyclic amines) is 1. The van der Waals surface area contributed by atoms with Crippen molar-refractivity contribution in [2.75, 3.05) is 13.1 Å². The first kappa shape index (κ1) is 19.1. The lowest BCUT2D eigenvalue weighted by molar-refractivity contribution is -0.120. The van der Waals surface area contributed by atoms with E-state index < -0.39 is 17.7 Å². The van der Waals surface area contributed by atoms with E-state index in [1.54, 1.807) is 0 Å². The molecule has 140 valence electrons. The normalized spacial score (nSPS) is 19.3. The Balaban J connectivity index is 1.88. The van der Waals surface area contributed by atoms with Gasteiger partial charge in [0.15, 0.2) is 0 Å². The molecule has 1 saturated heterocycles. The Hall–Kier alpha value is -1.72. The van der Waals surface area contributed by atoms with E-state index in [2.05, 4.69) is 18.2 Å². The first-order valence-corrected chi connectivity index (χ1v) is 9.34. The minimum absolute atomic E-state index is 0.303. The molecule has 1 aliphatic heterocycles. The predicted octanol–water partition coefficient (Wildman–Crippen LogP) is 2.77. The standard InChI is InChI=1S/C22H29NO3/c1-22(2,20(25)21(26)23-14-12-17(24)13-15-23)19-11-7-6-10-18(19)16-8-4-3-5-9-16/h3-11,17,20-21,24-26H,12-15H2,1-2H3. The number of aliphatic hydroxyl groups is 3. The van der Waals surface area contributed by atoms with Crippen molar-refractivity contribution in [2.45, 2.75) is 50.5 Å². The van der Waals surface area contributed by atoms with Crippen molar-refractivity contribution >= 4 is 0 Å². The summed E-state index contributed by atoms with van der Waals surface area (Å²) in [6, 6.07) is 18.2. The Morgan fingerprint density at radius 2 is 1.50 bits per heavy atom. The molecule has 0 bridgehead atoms. The molecule has 1 heterocycles. The van der Waals surface area contributed by atoms with Gasteiger partial charge in [-0.1, -0.05) is 68.4 Å². The van der Waals surface area contributed by atoms with Crippen LogP contribution in [0.2, 0.25) is 0 Å². The molecule has 26 heavy (non-hydrogen) atoms. The van der Waals surface area contributed by atoms with E-state index in [0.29, 0.717) is 25.9 Å². The predicted molar refractivity (Wildman–Crippen MR) is 104 cm³/mol. The highest BCUT2D eigenvalue weighted by molar-refractivity contribution is 5.68. The van der Waals surface area contributed by atoms with E-state index in [0.717, 1.165) is 16.7 Å². The largest absolute Gasteiger partial charge is 0.393 e. The Morgan fingerprint density at radius 1 is 0.923 bits per heavy atom. The fraction of sp³-hybridized carbons (Fsp3) is 0.455. The van der Waals surface area contributed by atoms with Crippen LogP contribution in [-0.4, -0.2) is 51.7 Å². The fourth-order valence-electron chi connectivity index (χ4n) is 3.80. The van der Waals surface area contributed by atoms with Crippen LogP contribution >= 0.6 is 0 Å². The molecule has 2 aromatic carbocycles. The fourth-order valence-corrected chi connectivity index (χ4v) is 3.80. The van der Waals surface area contributed by atoms with Crippen molar-refractivity contribution in [2.24, 2.45) is 0 Å². The van der Waals surface area contributed by atoms with Crippen molar-refractivity contribution in [1.82, 2.24) is 4.90 Å². The Kier molecular flexibility index (Phi) is 5.78. The quantitative estimate of drug-likeness (QED) is 0.772. The molecule has 2 aromatic rings. The van der Waals surface area contributed by atoms with Crippen LogP contribution in [-0.2, 0) is 5.41 Å². The Bertz CT molecular complexity index is 708. The average molecular weight is 355 g/mol. The summed E-state index contributed by atoms with van der Waals surface area (Å²) in [6.07, 6.45) is -0.943. The number of rotatable bonds is 5. The molecule has 0 radical (unpaired) electrons. The highest BCUT2D eigenvalue weighted by atomic mass is 16.3. The van der Waals surface area contributed by atoms with Crippen molar-refractivity contribution in [3.05, 3.63) is 60.2 Å². The van der Waals surface area contributed by atoms with Gasteiger partial charge in [-0.05, 0) is 29.5 Å². The second kappa shape index (κ2) is 7.89. The van der Waals surface area contributed by atoms with Crippen molar-refractivity contribution < 1.29 is 15.3 Å². The first-order chi connectivity index (χ1) is 12.4. The smallest absolute Gasteiger partial charge is 0.134 e. The van der Waals surface area contributed by atoms with Gasteiger partial charge in [0.2, 0.25) is 0 Å². The maximum Gasteiger partial charge on any atom is 0.134 e. The lowest BCUT2D eigenvalue weighted by Crippen LogP contribution is -2.54. The summed E-state index contributed by atoms with van der Waals surface area (Å²) < 4.78 is 0. The van der Waals surface area contributed by atoms with Crippen molar-refractivity contribution in [3.63, 3.8) is 0 Å². The summed E-state index contributed by atoms with van der Waals surface area (Å²) in [7, 11) is 0. The number of aliphatic hydroxyl groups excluding tert-OH is 3. The van der Waals surface area contributed by atoms with Crippen molar-refractivity contribution in [3.8, 4) is 11.1 Å². The van der Waals surface area contributed by atoms with Gasteiger partial charge in [0, 0.05) is 18.5 Å².